The van der Waals surface area contributed by atoms with Gasteiger partial charge in [-0.15, -0.1) is 0 Å². The van der Waals surface area contributed by atoms with E-state index in [0.29, 0.717) is 36.6 Å². The third-order valence-corrected chi connectivity index (χ3v) is 6.91. The number of nitrogens with zero attached hydrogens (tertiary/aromatic N) is 3. The maximum absolute atomic E-state index is 12.3. The smallest absolute Gasteiger partial charge is 0.287 e. The number of amides is 1. The summed E-state index contributed by atoms with van der Waals surface area (Å²) in [6.07, 6.45) is 1.30. The quantitative estimate of drug-likeness (QED) is 0.442. The van der Waals surface area contributed by atoms with Gasteiger partial charge in [-0.2, -0.15) is 8.75 Å². The number of nitrogens with one attached hydrogen (secondary N) is 1. The normalized spacial score (nSPS) is 16.6. The molecule has 172 valence electrons. The van der Waals surface area contributed by atoms with E-state index < -0.39 is 5.60 Å². The molecule has 0 saturated carbocycles. The fraction of sp³-hybridized carbons (Fsp3) is 0.400. The molecule has 1 aliphatic heterocycles. The third kappa shape index (κ3) is 4.64. The van der Waals surface area contributed by atoms with E-state index in [2.05, 4.69) is 31.1 Å². The Morgan fingerprint density at radius 3 is 2.73 bits per heavy atom. The SMILES string of the molecule is CC(C)CNC(=O)c1cc2cc(C3(O)CCN(Cc4ccc5nsnc5c4)CC3)ccc2o1. The Labute approximate surface area is 196 Å². The van der Waals surface area contributed by atoms with Crippen LogP contribution in [0.3, 0.4) is 0 Å². The molecule has 33 heavy (non-hydrogen) atoms. The standard InChI is InChI=1S/C25H28N4O3S/c1-16(2)14-26-24(30)23-13-18-12-19(4-6-22(18)32-23)25(31)7-9-29(10-8-25)15-17-3-5-20-21(11-17)28-33-27-20/h3-6,11-13,16,31H,7-10,14-15H2,1-2H3,(H,26,30). The summed E-state index contributed by atoms with van der Waals surface area (Å²) in [7, 11) is 0. The molecule has 3 heterocycles. The number of furan rings is 1. The van der Waals surface area contributed by atoms with E-state index in [9.17, 15) is 9.90 Å². The van der Waals surface area contributed by atoms with Crippen LogP contribution in [0.5, 0.6) is 0 Å². The second kappa shape index (κ2) is 8.85. The summed E-state index contributed by atoms with van der Waals surface area (Å²) >= 11 is 1.24. The Morgan fingerprint density at radius 1 is 1.15 bits per heavy atom. The summed E-state index contributed by atoms with van der Waals surface area (Å²) in [4.78, 5) is 14.7. The number of carbonyl (C=O) groups is 1. The van der Waals surface area contributed by atoms with E-state index >= 15 is 0 Å². The monoisotopic (exact) mass is 464 g/mol. The Hall–Kier alpha value is -2.81. The zero-order valence-electron chi connectivity index (χ0n) is 18.9. The molecule has 8 heteroatoms. The number of fused-ring (bicyclic) bond motifs is 2. The summed E-state index contributed by atoms with van der Waals surface area (Å²) in [5, 5.41) is 15.1. The lowest BCUT2D eigenvalue weighted by Crippen LogP contribution is -2.42. The van der Waals surface area contributed by atoms with Crippen LogP contribution in [-0.2, 0) is 12.1 Å². The summed E-state index contributed by atoms with van der Waals surface area (Å²) in [5.41, 5.74) is 3.73. The van der Waals surface area contributed by atoms with Crippen molar-refractivity contribution in [3.05, 3.63) is 59.4 Å². The average Bonchev–Trinajstić information content (AvgIpc) is 3.45. The molecule has 7 nitrogen and oxygen atoms in total. The van der Waals surface area contributed by atoms with Crippen molar-refractivity contribution in [2.75, 3.05) is 19.6 Å². The van der Waals surface area contributed by atoms with Crippen molar-refractivity contribution in [1.29, 1.82) is 0 Å². The lowest BCUT2D eigenvalue weighted by molar-refractivity contribution is -0.0276. The minimum absolute atomic E-state index is 0.208. The Balaban J connectivity index is 1.26. The Kier molecular flexibility index (Phi) is 5.90. The Bertz CT molecular complexity index is 1290. The van der Waals surface area contributed by atoms with Crippen LogP contribution in [0, 0.1) is 5.92 Å². The molecule has 0 bridgehead atoms. The number of hydrogen-bond acceptors (Lipinski definition) is 7. The molecule has 0 unspecified atom stereocenters. The number of hydrogen-bond donors (Lipinski definition) is 2. The molecular weight excluding hydrogens is 436 g/mol. The minimum Gasteiger partial charge on any atom is -0.451 e. The molecule has 1 aliphatic rings. The zero-order valence-corrected chi connectivity index (χ0v) is 19.7. The van der Waals surface area contributed by atoms with Gasteiger partial charge in [-0.1, -0.05) is 26.0 Å². The van der Waals surface area contributed by atoms with E-state index in [-0.39, 0.29) is 5.91 Å². The lowest BCUT2D eigenvalue weighted by Gasteiger charge is -2.38. The molecule has 2 N–H and O–H groups in total. The van der Waals surface area contributed by atoms with Crippen molar-refractivity contribution >= 4 is 39.6 Å². The van der Waals surface area contributed by atoms with Gasteiger partial charge in [-0.05, 0) is 60.2 Å². The summed E-state index contributed by atoms with van der Waals surface area (Å²) in [5.74, 6) is 0.467. The van der Waals surface area contributed by atoms with Crippen molar-refractivity contribution in [1.82, 2.24) is 19.0 Å². The van der Waals surface area contributed by atoms with Gasteiger partial charge in [-0.3, -0.25) is 9.69 Å². The van der Waals surface area contributed by atoms with E-state index in [1.807, 2.05) is 38.1 Å². The first kappa shape index (κ1) is 22.0. The van der Waals surface area contributed by atoms with Crippen LogP contribution in [0.15, 0.2) is 46.9 Å². The van der Waals surface area contributed by atoms with E-state index in [0.717, 1.165) is 41.6 Å². The van der Waals surface area contributed by atoms with Crippen LogP contribution in [0.4, 0.5) is 0 Å². The summed E-state index contributed by atoms with van der Waals surface area (Å²) < 4.78 is 14.3. The zero-order chi connectivity index (χ0) is 23.0. The van der Waals surface area contributed by atoms with Crippen LogP contribution in [-0.4, -0.2) is 44.3 Å². The topological polar surface area (TPSA) is 91.5 Å². The first-order chi connectivity index (χ1) is 15.9. The Morgan fingerprint density at radius 2 is 1.94 bits per heavy atom. The van der Waals surface area contributed by atoms with Gasteiger partial charge in [0.15, 0.2) is 5.76 Å². The fourth-order valence-corrected chi connectivity index (χ4v) is 4.90. The van der Waals surface area contributed by atoms with Gasteiger partial charge in [0.2, 0.25) is 0 Å². The highest BCUT2D eigenvalue weighted by Gasteiger charge is 2.34. The first-order valence-electron chi connectivity index (χ1n) is 11.4. The van der Waals surface area contributed by atoms with Gasteiger partial charge < -0.3 is 14.8 Å². The van der Waals surface area contributed by atoms with Gasteiger partial charge in [0, 0.05) is 31.6 Å². The van der Waals surface area contributed by atoms with E-state index in [1.54, 1.807) is 6.07 Å². The molecule has 2 aromatic carbocycles. The largest absolute Gasteiger partial charge is 0.451 e. The molecule has 1 fully saturated rings. The molecule has 0 aliphatic carbocycles. The van der Waals surface area contributed by atoms with Crippen LogP contribution in [0.1, 0.15) is 48.4 Å². The number of aromatic nitrogens is 2. The maximum Gasteiger partial charge on any atom is 0.287 e. The highest BCUT2D eigenvalue weighted by Crippen LogP contribution is 2.35. The molecule has 0 atom stereocenters. The molecule has 0 spiro atoms. The molecular formula is C25H28N4O3S. The van der Waals surface area contributed by atoms with Gasteiger partial charge in [0.05, 0.1) is 17.3 Å². The van der Waals surface area contributed by atoms with Crippen molar-refractivity contribution in [2.24, 2.45) is 5.92 Å². The van der Waals surface area contributed by atoms with Gasteiger partial charge in [0.25, 0.3) is 5.91 Å². The average molecular weight is 465 g/mol. The molecule has 1 saturated heterocycles. The maximum atomic E-state index is 12.3. The highest BCUT2D eigenvalue weighted by molar-refractivity contribution is 7.00. The molecule has 1 amide bonds. The van der Waals surface area contributed by atoms with Gasteiger partial charge in [0.1, 0.15) is 16.6 Å². The van der Waals surface area contributed by atoms with Crippen molar-refractivity contribution in [3.8, 4) is 0 Å². The molecule has 0 radical (unpaired) electrons. The third-order valence-electron chi connectivity index (χ3n) is 6.36. The molecule has 5 rings (SSSR count). The number of rotatable bonds is 6. The fourth-order valence-electron chi connectivity index (χ4n) is 4.38. The number of benzene rings is 2. The van der Waals surface area contributed by atoms with Crippen LogP contribution < -0.4 is 5.32 Å². The first-order valence-corrected chi connectivity index (χ1v) is 12.1. The summed E-state index contributed by atoms with van der Waals surface area (Å²) in [6.45, 7) is 7.14. The van der Waals surface area contributed by atoms with Gasteiger partial charge in [-0.25, -0.2) is 0 Å². The lowest BCUT2D eigenvalue weighted by atomic mass is 9.84. The van der Waals surface area contributed by atoms with E-state index in [4.69, 9.17) is 4.42 Å². The van der Waals surface area contributed by atoms with Crippen LogP contribution in [0.25, 0.3) is 22.0 Å². The van der Waals surface area contributed by atoms with Crippen molar-refractivity contribution < 1.29 is 14.3 Å². The number of likely N-dealkylation sites (tertiary alicyclic amines) is 1. The highest BCUT2D eigenvalue weighted by atomic mass is 32.1. The molecule has 4 aromatic rings. The van der Waals surface area contributed by atoms with Crippen LogP contribution >= 0.6 is 11.7 Å². The van der Waals surface area contributed by atoms with E-state index in [1.165, 1.54) is 17.3 Å². The minimum atomic E-state index is -0.884. The predicted octanol–water partition coefficient (Wildman–Crippen LogP) is 4.31. The van der Waals surface area contributed by atoms with Crippen LogP contribution in [0.2, 0.25) is 0 Å². The van der Waals surface area contributed by atoms with Gasteiger partial charge >= 0.3 is 0 Å². The molecule has 2 aromatic heterocycles. The number of piperidine rings is 1. The number of aliphatic hydroxyl groups is 1. The second-order valence-corrected chi connectivity index (χ2v) is 9.89. The predicted molar refractivity (Wildman–Crippen MR) is 129 cm³/mol. The van der Waals surface area contributed by atoms with Crippen molar-refractivity contribution in [3.63, 3.8) is 0 Å². The number of carbonyl (C=O) groups excluding carboxylic acids is 1. The second-order valence-electron chi connectivity index (χ2n) is 9.36. The van der Waals surface area contributed by atoms with Crippen molar-refractivity contribution in [2.45, 2.75) is 38.8 Å². The summed E-state index contributed by atoms with van der Waals surface area (Å²) in [6, 6.07) is 13.7.